The average molecular weight is 612 g/mol. The molecule has 0 saturated heterocycles. The van der Waals surface area contributed by atoms with E-state index in [4.69, 9.17) is 0 Å². The Morgan fingerprint density at radius 2 is 1.88 bits per heavy atom. The molecule has 0 aliphatic heterocycles. The summed E-state index contributed by atoms with van der Waals surface area (Å²) in [5, 5.41) is 2.53. The van der Waals surface area contributed by atoms with Crippen LogP contribution in [-0.4, -0.2) is 23.6 Å². The number of allylic oxidation sites excluding steroid dienone is 1. The lowest BCUT2D eigenvalue weighted by Crippen LogP contribution is -2.41. The van der Waals surface area contributed by atoms with Crippen LogP contribution in [0.5, 0.6) is 0 Å². The summed E-state index contributed by atoms with van der Waals surface area (Å²) in [7, 11) is -5.21. The molecule has 0 spiro atoms. The van der Waals surface area contributed by atoms with Crippen LogP contribution in [-0.2, 0) is 14.6 Å². The van der Waals surface area contributed by atoms with Crippen LogP contribution in [0.1, 0.15) is 6.42 Å². The molecule has 1 amide bonds. The summed E-state index contributed by atoms with van der Waals surface area (Å²) in [5.41, 5.74) is -0.0467. The van der Waals surface area contributed by atoms with Crippen molar-refractivity contribution < 1.29 is 26.4 Å². The second-order valence-electron chi connectivity index (χ2n) is 6.19. The first kappa shape index (κ1) is 20.3. The number of fused-ring (bicyclic) bond motifs is 2. The maximum absolute atomic E-state index is 13.8. The fourth-order valence-electron chi connectivity index (χ4n) is 3.47. The van der Waals surface area contributed by atoms with Crippen LogP contribution in [0.15, 0.2) is 35.2 Å². The van der Waals surface area contributed by atoms with Crippen LogP contribution in [0.4, 0.5) is 18.9 Å². The Labute approximate surface area is 175 Å². The summed E-state index contributed by atoms with van der Waals surface area (Å²) in [6.45, 7) is 0. The summed E-state index contributed by atoms with van der Waals surface area (Å²) in [5.74, 6) is -1.76. The zero-order valence-corrected chi connectivity index (χ0v) is 18.1. The largest absolute Gasteiger partial charge is 0.398 e. The second kappa shape index (κ2) is 7.20. The van der Waals surface area contributed by atoms with Gasteiger partial charge in [-0.15, -0.1) is 0 Å². The third kappa shape index (κ3) is 3.51. The van der Waals surface area contributed by atoms with E-state index >= 15 is 0 Å². The maximum Gasteiger partial charge on any atom is 0.398 e. The van der Waals surface area contributed by atoms with Crippen LogP contribution in [0.25, 0.3) is 0 Å². The molecule has 1 aromatic carbocycles. The molecule has 142 valence electrons. The first-order chi connectivity index (χ1) is 12.1. The third-order valence-corrected chi connectivity index (χ3v) is 8.64. The summed E-state index contributed by atoms with van der Waals surface area (Å²) >= 11 is 2.42. The van der Waals surface area contributed by atoms with E-state index in [0.717, 1.165) is 24.6 Å². The molecule has 1 aromatic rings. The van der Waals surface area contributed by atoms with E-state index in [9.17, 15) is 26.4 Å². The maximum atomic E-state index is 13.8. The van der Waals surface area contributed by atoms with E-state index in [1.54, 1.807) is 0 Å². The van der Waals surface area contributed by atoms with Crippen molar-refractivity contribution in [3.63, 3.8) is 0 Å². The number of halogens is 5. The Morgan fingerprint density at radius 1 is 1.23 bits per heavy atom. The number of hydrogen-bond acceptors (Lipinski definition) is 4. The van der Waals surface area contributed by atoms with Crippen molar-refractivity contribution in [1.82, 2.24) is 3.53 Å². The van der Waals surface area contributed by atoms with E-state index in [1.165, 1.54) is 0 Å². The van der Waals surface area contributed by atoms with Gasteiger partial charge in [0.1, 0.15) is 10.7 Å². The summed E-state index contributed by atoms with van der Waals surface area (Å²) in [4.78, 5) is 11.5. The number of amides is 1. The molecule has 1 fully saturated rings. The van der Waals surface area contributed by atoms with Crippen molar-refractivity contribution in [3.8, 4) is 0 Å². The number of sulfone groups is 1. The quantitative estimate of drug-likeness (QED) is 0.231. The average Bonchev–Trinajstić information content (AvgIpc) is 3.16. The van der Waals surface area contributed by atoms with Gasteiger partial charge in [-0.05, 0) is 36.5 Å². The van der Waals surface area contributed by atoms with E-state index < -0.39 is 23.8 Å². The highest BCUT2D eigenvalue weighted by molar-refractivity contribution is 14.1. The summed E-state index contributed by atoms with van der Waals surface area (Å²) in [6.07, 6.45) is 4.86. The van der Waals surface area contributed by atoms with Gasteiger partial charge < -0.3 is 5.32 Å². The Morgan fingerprint density at radius 3 is 2.50 bits per heavy atom. The molecule has 0 unspecified atom stereocenters. The summed E-state index contributed by atoms with van der Waals surface area (Å²) in [6, 6.07) is 2.55. The van der Waals surface area contributed by atoms with Crippen LogP contribution in [0, 0.1) is 23.6 Å². The number of carbonyl (C=O) groups is 1. The van der Waals surface area contributed by atoms with Gasteiger partial charge in [-0.3, -0.25) is 8.32 Å². The number of benzene rings is 1. The monoisotopic (exact) mass is 612 g/mol. The Hall–Kier alpha value is -0.410. The molecule has 3 rings (SSSR count). The van der Waals surface area contributed by atoms with E-state index in [2.05, 4.69) is 14.9 Å². The molecule has 5 nitrogen and oxygen atoms in total. The van der Waals surface area contributed by atoms with Crippen molar-refractivity contribution in [1.29, 1.82) is 0 Å². The summed E-state index contributed by atoms with van der Waals surface area (Å²) < 4.78 is 63.1. The molecule has 0 radical (unpaired) electrons. The Kier molecular flexibility index (Phi) is 5.63. The van der Waals surface area contributed by atoms with Gasteiger partial charge in [-0.25, -0.2) is 12.8 Å². The lowest BCUT2D eigenvalue weighted by Gasteiger charge is -2.26. The molecule has 2 N–H and O–H groups in total. The highest BCUT2D eigenvalue weighted by Crippen LogP contribution is 2.44. The smallest absolute Gasteiger partial charge is 0.326 e. The first-order valence-corrected chi connectivity index (χ1v) is 11.2. The lowest BCUT2D eigenvalue weighted by molar-refractivity contribution is -0.121. The van der Waals surface area contributed by atoms with Crippen molar-refractivity contribution in [2.45, 2.75) is 20.6 Å². The van der Waals surface area contributed by atoms with Crippen LogP contribution in [0.3, 0.4) is 0 Å². The van der Waals surface area contributed by atoms with Crippen molar-refractivity contribution in [2.24, 2.45) is 17.8 Å². The molecular formula is C15H13F3I2N2O3S. The van der Waals surface area contributed by atoms with Crippen LogP contribution in [0.2, 0.25) is 0 Å². The van der Waals surface area contributed by atoms with E-state index in [0.29, 0.717) is 22.6 Å². The molecule has 0 heterocycles. The van der Waals surface area contributed by atoms with Gasteiger partial charge >= 0.3 is 3.26 Å². The van der Waals surface area contributed by atoms with Gasteiger partial charge in [0.15, 0.2) is 0 Å². The molecule has 2 aliphatic rings. The van der Waals surface area contributed by atoms with Crippen molar-refractivity contribution in [3.05, 3.63) is 36.2 Å². The van der Waals surface area contributed by atoms with Gasteiger partial charge in [-0.2, -0.15) is 8.78 Å². The van der Waals surface area contributed by atoms with Gasteiger partial charge in [0.25, 0.3) is 9.84 Å². The number of anilines is 1. The standard InChI is InChI=1S/C15H13F3I2N2O3S/c16-10-4-3-9(6-11(10)26(24,25)15(17,18)19)21-14(23)12-7-1-2-8(5-7)13(12)22-20/h1-4,6-8,12-13,22H,5H2,(H,21,23)/t7-,8+,12+,13-/m1/s1. The zero-order chi connectivity index (χ0) is 19.3. The Balaban J connectivity index is 1.87. The lowest BCUT2D eigenvalue weighted by atomic mass is 9.88. The minimum atomic E-state index is -5.21. The molecule has 2 bridgehead atoms. The number of alkyl halides is 3. The van der Waals surface area contributed by atoms with Crippen LogP contribution < -0.4 is 8.85 Å². The highest BCUT2D eigenvalue weighted by Gasteiger charge is 2.48. The van der Waals surface area contributed by atoms with Crippen molar-refractivity contribution in [2.75, 3.05) is 5.32 Å². The normalized spacial score (nSPS) is 27.7. The highest BCUT2D eigenvalue weighted by atomic mass is 127. The number of carbonyl (C=O) groups excluding carboxylic acids is 1. The minimum Gasteiger partial charge on any atom is -0.326 e. The SMILES string of the molecule is O=C(Nc1ccc(F)c(S(=O)(=O)C(F)(F)I)c1)[C@@H]1[C@H](NI)[C@H]2C=C[C@@H]1C2. The zero-order valence-electron chi connectivity index (χ0n) is 12.9. The fourth-order valence-corrected chi connectivity index (χ4v) is 5.88. The Bertz CT molecular complexity index is 873. The first-order valence-electron chi connectivity index (χ1n) is 7.52. The molecule has 2 aliphatic carbocycles. The topological polar surface area (TPSA) is 75.3 Å². The third-order valence-electron chi connectivity index (χ3n) is 4.68. The number of rotatable bonds is 5. The van der Waals surface area contributed by atoms with Gasteiger partial charge in [0.05, 0.1) is 5.92 Å². The molecule has 11 heteroatoms. The molecule has 26 heavy (non-hydrogen) atoms. The predicted octanol–water partition coefficient (Wildman–Crippen LogP) is 3.65. The molecular weight excluding hydrogens is 599 g/mol. The number of nitrogens with one attached hydrogen (secondary N) is 2. The predicted molar refractivity (Wildman–Crippen MR) is 106 cm³/mol. The number of hydrogen-bond donors (Lipinski definition) is 2. The van der Waals surface area contributed by atoms with Gasteiger partial charge in [-0.1, -0.05) is 12.2 Å². The second-order valence-corrected chi connectivity index (χ2v) is 10.9. The van der Waals surface area contributed by atoms with E-state index in [-0.39, 0.29) is 35.4 Å². The van der Waals surface area contributed by atoms with Crippen molar-refractivity contribution >= 4 is 66.9 Å². The molecule has 4 atom stereocenters. The fraction of sp³-hybridized carbons (Fsp3) is 0.400. The van der Waals surface area contributed by atoms with Gasteiger partial charge in [0, 0.05) is 57.2 Å². The van der Waals surface area contributed by atoms with Crippen LogP contribution >= 0.6 is 45.5 Å². The molecule has 1 saturated carbocycles. The minimum absolute atomic E-state index is 0.0467. The van der Waals surface area contributed by atoms with E-state index in [1.807, 2.05) is 28.9 Å². The van der Waals surface area contributed by atoms with Gasteiger partial charge in [0.2, 0.25) is 5.91 Å². The molecule has 0 aromatic heterocycles.